The molecule has 1 aromatic heterocycles. The van der Waals surface area contributed by atoms with Crippen LogP contribution in [0.3, 0.4) is 0 Å². The molecule has 1 atom stereocenters. The van der Waals surface area contributed by atoms with Gasteiger partial charge in [-0.05, 0) is 26.7 Å². The van der Waals surface area contributed by atoms with Gasteiger partial charge in [0, 0.05) is 24.8 Å². The minimum absolute atomic E-state index is 0.113. The number of hydrogen-bond donors (Lipinski definition) is 2. The zero-order valence-corrected chi connectivity index (χ0v) is 10.8. The Morgan fingerprint density at radius 1 is 1.44 bits per heavy atom. The summed E-state index contributed by atoms with van der Waals surface area (Å²) in [7, 11) is 0. The minimum atomic E-state index is -0.295. The number of aromatic nitrogens is 2. The van der Waals surface area contributed by atoms with Crippen LogP contribution in [0, 0.1) is 6.92 Å². The van der Waals surface area contributed by atoms with Crippen molar-refractivity contribution in [3.8, 4) is 0 Å². The van der Waals surface area contributed by atoms with Crippen molar-refractivity contribution in [2.75, 3.05) is 24.1 Å². The average Bonchev–Trinajstić information content (AvgIpc) is 2.79. The highest BCUT2D eigenvalue weighted by atomic mass is 16.2. The molecule has 1 aromatic rings. The first-order valence-electron chi connectivity index (χ1n) is 6.23. The summed E-state index contributed by atoms with van der Waals surface area (Å²) in [5, 5.41) is 3.08. The average molecular weight is 249 g/mol. The lowest BCUT2D eigenvalue weighted by Gasteiger charge is -2.21. The summed E-state index contributed by atoms with van der Waals surface area (Å²) < 4.78 is 0. The molecular weight excluding hydrogens is 230 g/mol. The van der Waals surface area contributed by atoms with Gasteiger partial charge in [-0.1, -0.05) is 0 Å². The number of nitrogens with one attached hydrogen (secondary N) is 1. The number of carbonyl (C=O) groups excluding carboxylic acids is 1. The third-order valence-electron chi connectivity index (χ3n) is 3.02. The van der Waals surface area contributed by atoms with E-state index in [2.05, 4.69) is 15.3 Å². The van der Waals surface area contributed by atoms with Crippen molar-refractivity contribution in [2.24, 2.45) is 0 Å². The van der Waals surface area contributed by atoms with E-state index in [0.29, 0.717) is 5.82 Å². The molecular formula is C12H19N5O. The van der Waals surface area contributed by atoms with Crippen LogP contribution in [0.5, 0.6) is 0 Å². The van der Waals surface area contributed by atoms with Crippen LogP contribution in [-0.2, 0) is 4.79 Å². The number of hydrogen-bond acceptors (Lipinski definition) is 5. The smallest absolute Gasteiger partial charge is 0.244 e. The number of amides is 1. The summed E-state index contributed by atoms with van der Waals surface area (Å²) in [5.41, 5.74) is 6.36. The van der Waals surface area contributed by atoms with E-state index in [9.17, 15) is 4.79 Å². The van der Waals surface area contributed by atoms with Gasteiger partial charge in [-0.15, -0.1) is 0 Å². The van der Waals surface area contributed by atoms with Gasteiger partial charge in [0.2, 0.25) is 11.9 Å². The normalized spacial score (nSPS) is 16.7. The fraction of sp³-hybridized carbons (Fsp3) is 0.583. The molecule has 0 bridgehead atoms. The van der Waals surface area contributed by atoms with E-state index in [1.54, 1.807) is 6.07 Å². The van der Waals surface area contributed by atoms with Gasteiger partial charge in [0.15, 0.2) is 0 Å². The Labute approximate surface area is 107 Å². The van der Waals surface area contributed by atoms with E-state index in [4.69, 9.17) is 5.73 Å². The van der Waals surface area contributed by atoms with Crippen LogP contribution >= 0.6 is 0 Å². The highest BCUT2D eigenvalue weighted by molar-refractivity contribution is 5.84. The molecule has 0 saturated carbocycles. The monoisotopic (exact) mass is 249 g/mol. The standard InChI is InChI=1S/C12H19N5O/c1-8-7-10(16-12(13)14-8)15-9(2)11(18)17-5-3-4-6-17/h7,9H,3-6H2,1-2H3,(H3,13,14,15,16). The molecule has 1 saturated heterocycles. The molecule has 0 aliphatic carbocycles. The molecule has 0 spiro atoms. The second kappa shape index (κ2) is 5.20. The molecule has 3 N–H and O–H groups in total. The Morgan fingerprint density at radius 3 is 2.72 bits per heavy atom. The van der Waals surface area contributed by atoms with Gasteiger partial charge in [-0.3, -0.25) is 4.79 Å². The molecule has 1 unspecified atom stereocenters. The highest BCUT2D eigenvalue weighted by Gasteiger charge is 2.23. The molecule has 6 heteroatoms. The van der Waals surface area contributed by atoms with Crippen molar-refractivity contribution in [3.63, 3.8) is 0 Å². The summed E-state index contributed by atoms with van der Waals surface area (Å²) in [5.74, 6) is 0.931. The molecule has 2 heterocycles. The van der Waals surface area contributed by atoms with Gasteiger partial charge in [0.1, 0.15) is 11.9 Å². The van der Waals surface area contributed by atoms with E-state index in [1.807, 2.05) is 18.7 Å². The Bertz CT molecular complexity index is 422. The number of carbonyl (C=O) groups is 1. The van der Waals surface area contributed by atoms with Crippen LogP contribution in [0.1, 0.15) is 25.5 Å². The first kappa shape index (κ1) is 12.6. The lowest BCUT2D eigenvalue weighted by atomic mass is 10.3. The first-order valence-corrected chi connectivity index (χ1v) is 6.23. The van der Waals surface area contributed by atoms with Crippen LogP contribution in [0.25, 0.3) is 0 Å². The Balaban J connectivity index is 2.01. The molecule has 18 heavy (non-hydrogen) atoms. The maximum absolute atomic E-state index is 12.1. The van der Waals surface area contributed by atoms with E-state index < -0.39 is 0 Å². The maximum Gasteiger partial charge on any atom is 0.244 e. The van der Waals surface area contributed by atoms with E-state index in [1.165, 1.54) is 0 Å². The van der Waals surface area contributed by atoms with Crippen molar-refractivity contribution in [3.05, 3.63) is 11.8 Å². The van der Waals surface area contributed by atoms with Gasteiger partial charge in [-0.2, -0.15) is 4.98 Å². The van der Waals surface area contributed by atoms with Gasteiger partial charge >= 0.3 is 0 Å². The van der Waals surface area contributed by atoms with Gasteiger partial charge < -0.3 is 16.0 Å². The predicted octanol–water partition coefficient (Wildman–Crippen LogP) is 0.790. The number of nitrogens with zero attached hydrogens (tertiary/aromatic N) is 3. The van der Waals surface area contributed by atoms with Crippen molar-refractivity contribution in [2.45, 2.75) is 32.7 Å². The predicted molar refractivity (Wildman–Crippen MR) is 70.1 cm³/mol. The molecule has 1 fully saturated rings. The maximum atomic E-state index is 12.1. The lowest BCUT2D eigenvalue weighted by molar-refractivity contribution is -0.130. The van der Waals surface area contributed by atoms with E-state index in [-0.39, 0.29) is 17.9 Å². The van der Waals surface area contributed by atoms with Crippen molar-refractivity contribution in [1.29, 1.82) is 0 Å². The highest BCUT2D eigenvalue weighted by Crippen LogP contribution is 2.13. The third-order valence-corrected chi connectivity index (χ3v) is 3.02. The molecule has 1 aliphatic heterocycles. The van der Waals surface area contributed by atoms with Crippen LogP contribution in [-0.4, -0.2) is 39.9 Å². The Morgan fingerprint density at radius 2 is 2.11 bits per heavy atom. The van der Waals surface area contributed by atoms with Gasteiger partial charge in [0.25, 0.3) is 0 Å². The summed E-state index contributed by atoms with van der Waals surface area (Å²) in [6.07, 6.45) is 2.19. The molecule has 1 aliphatic rings. The topological polar surface area (TPSA) is 84.1 Å². The third kappa shape index (κ3) is 2.88. The fourth-order valence-corrected chi connectivity index (χ4v) is 2.16. The number of nitrogen functional groups attached to an aromatic ring is 1. The Kier molecular flexibility index (Phi) is 3.64. The van der Waals surface area contributed by atoms with Crippen LogP contribution in [0.2, 0.25) is 0 Å². The van der Waals surface area contributed by atoms with E-state index >= 15 is 0 Å². The summed E-state index contributed by atoms with van der Waals surface area (Å²) in [4.78, 5) is 22.1. The first-order chi connectivity index (χ1) is 8.56. The second-order valence-electron chi connectivity index (χ2n) is 4.65. The summed E-state index contributed by atoms with van der Waals surface area (Å²) in [6, 6.07) is 1.49. The van der Waals surface area contributed by atoms with Crippen molar-refractivity contribution < 1.29 is 4.79 Å². The summed E-state index contributed by atoms with van der Waals surface area (Å²) >= 11 is 0. The second-order valence-corrected chi connectivity index (χ2v) is 4.65. The van der Waals surface area contributed by atoms with Crippen LogP contribution in [0.15, 0.2) is 6.07 Å². The van der Waals surface area contributed by atoms with Crippen LogP contribution < -0.4 is 11.1 Å². The van der Waals surface area contributed by atoms with Gasteiger partial charge in [0.05, 0.1) is 0 Å². The zero-order valence-electron chi connectivity index (χ0n) is 10.8. The fourth-order valence-electron chi connectivity index (χ4n) is 2.16. The number of rotatable bonds is 3. The molecule has 2 rings (SSSR count). The zero-order chi connectivity index (χ0) is 13.1. The van der Waals surface area contributed by atoms with E-state index in [0.717, 1.165) is 31.6 Å². The molecule has 1 amide bonds. The molecule has 98 valence electrons. The number of aryl methyl sites for hydroxylation is 1. The largest absolute Gasteiger partial charge is 0.368 e. The van der Waals surface area contributed by atoms with Crippen molar-refractivity contribution in [1.82, 2.24) is 14.9 Å². The quantitative estimate of drug-likeness (QED) is 0.827. The lowest BCUT2D eigenvalue weighted by Crippen LogP contribution is -2.39. The Hall–Kier alpha value is -1.85. The van der Waals surface area contributed by atoms with Crippen LogP contribution in [0.4, 0.5) is 11.8 Å². The SMILES string of the molecule is Cc1cc(NC(C)C(=O)N2CCCC2)nc(N)n1. The minimum Gasteiger partial charge on any atom is -0.368 e. The number of likely N-dealkylation sites (tertiary alicyclic amines) is 1. The molecule has 6 nitrogen and oxygen atoms in total. The summed E-state index contributed by atoms with van der Waals surface area (Å²) in [6.45, 7) is 5.40. The van der Waals surface area contributed by atoms with Crippen molar-refractivity contribution >= 4 is 17.7 Å². The number of nitrogens with two attached hydrogens (primary N) is 1. The van der Waals surface area contributed by atoms with Gasteiger partial charge in [-0.25, -0.2) is 4.98 Å². The molecule has 0 aromatic carbocycles. The number of anilines is 2. The molecule has 0 radical (unpaired) electrons.